The number of nitrogens with one attached hydrogen (secondary N) is 2. The van der Waals surface area contributed by atoms with Crippen molar-refractivity contribution < 1.29 is 14.7 Å². The highest BCUT2D eigenvalue weighted by atomic mass is 16.6. The highest BCUT2D eigenvalue weighted by molar-refractivity contribution is 5.77. The molecule has 0 saturated heterocycles. The molecule has 0 atom stereocenters. The molecule has 1 amide bonds. The number of hydroxylamine groups is 1. The smallest absolute Gasteiger partial charge is 0.257 e. The number of aliphatic hydroxyl groups is 1. The van der Waals surface area contributed by atoms with Gasteiger partial charge >= 0.3 is 0 Å². The summed E-state index contributed by atoms with van der Waals surface area (Å²) in [6.07, 6.45) is 4.03. The van der Waals surface area contributed by atoms with Crippen LogP contribution in [-0.4, -0.2) is 29.7 Å². The zero-order valence-electron chi connectivity index (χ0n) is 11.6. The van der Waals surface area contributed by atoms with Crippen LogP contribution >= 0.6 is 0 Å². The van der Waals surface area contributed by atoms with Crippen LogP contribution in [0.3, 0.4) is 0 Å². The van der Waals surface area contributed by atoms with E-state index in [0.29, 0.717) is 6.61 Å². The largest absolute Gasteiger partial charge is 0.394 e. The summed E-state index contributed by atoms with van der Waals surface area (Å²) in [5.74, 6) is -0.222. The number of carbonyl (C=O) groups is 1. The highest BCUT2D eigenvalue weighted by Gasteiger charge is 2.32. The lowest BCUT2D eigenvalue weighted by Crippen LogP contribution is -2.50. The molecule has 1 saturated carbocycles. The summed E-state index contributed by atoms with van der Waals surface area (Å²) in [5.41, 5.74) is 3.14. The van der Waals surface area contributed by atoms with Crippen molar-refractivity contribution in [3.63, 3.8) is 0 Å². The Kier molecular flexibility index (Phi) is 5.52. The molecule has 0 aliphatic heterocycles. The van der Waals surface area contributed by atoms with Gasteiger partial charge in [0, 0.05) is 5.54 Å². The van der Waals surface area contributed by atoms with Crippen molar-refractivity contribution >= 4 is 5.91 Å². The predicted octanol–water partition coefficient (Wildman–Crippen LogP) is 1.13. The van der Waals surface area contributed by atoms with Crippen LogP contribution in [0, 0.1) is 0 Å². The Morgan fingerprint density at radius 1 is 1.25 bits per heavy atom. The Balaban J connectivity index is 1.65. The predicted molar refractivity (Wildman–Crippen MR) is 75.7 cm³/mol. The molecule has 5 nitrogen and oxygen atoms in total. The molecule has 3 N–H and O–H groups in total. The van der Waals surface area contributed by atoms with Gasteiger partial charge in [-0.3, -0.25) is 9.63 Å². The fourth-order valence-electron chi connectivity index (χ4n) is 2.52. The number of benzene rings is 1. The molecule has 1 aromatic rings. The minimum atomic E-state index is -0.281. The third kappa shape index (κ3) is 4.30. The number of carbonyl (C=O) groups excluding carboxylic acids is 1. The van der Waals surface area contributed by atoms with Crippen LogP contribution < -0.4 is 10.8 Å². The number of rotatable bonds is 7. The minimum absolute atomic E-state index is 0.0746. The topological polar surface area (TPSA) is 70.6 Å². The first-order valence-electron chi connectivity index (χ1n) is 7.05. The van der Waals surface area contributed by atoms with Crippen LogP contribution in [0.25, 0.3) is 0 Å². The van der Waals surface area contributed by atoms with Crippen molar-refractivity contribution in [2.24, 2.45) is 0 Å². The van der Waals surface area contributed by atoms with E-state index < -0.39 is 0 Å². The summed E-state index contributed by atoms with van der Waals surface area (Å²) >= 11 is 0. The maximum absolute atomic E-state index is 11.7. The Bertz CT molecular complexity index is 416. The molecule has 1 aliphatic carbocycles. The lowest BCUT2D eigenvalue weighted by molar-refractivity contribution is -0.134. The molecule has 0 unspecified atom stereocenters. The summed E-state index contributed by atoms with van der Waals surface area (Å²) in [6.45, 7) is 0.582. The SMILES string of the molecule is O=C(CNC1(CO)CCCC1)NOCc1ccccc1. The molecular formula is C15H22N2O3. The van der Waals surface area contributed by atoms with Gasteiger partial charge in [0.25, 0.3) is 5.91 Å². The third-order valence-corrected chi connectivity index (χ3v) is 3.75. The Labute approximate surface area is 119 Å². The number of amides is 1. The second-order valence-corrected chi connectivity index (χ2v) is 5.30. The summed E-state index contributed by atoms with van der Waals surface area (Å²) in [7, 11) is 0. The van der Waals surface area contributed by atoms with Gasteiger partial charge in [-0.15, -0.1) is 0 Å². The number of hydrogen-bond donors (Lipinski definition) is 3. The average molecular weight is 278 g/mol. The van der Waals surface area contributed by atoms with Crippen molar-refractivity contribution in [1.82, 2.24) is 10.8 Å². The molecule has 110 valence electrons. The van der Waals surface area contributed by atoms with E-state index in [1.165, 1.54) is 0 Å². The van der Waals surface area contributed by atoms with E-state index >= 15 is 0 Å². The summed E-state index contributed by atoms with van der Waals surface area (Å²) < 4.78 is 0. The van der Waals surface area contributed by atoms with E-state index in [4.69, 9.17) is 4.84 Å². The lowest BCUT2D eigenvalue weighted by atomic mass is 9.99. The molecule has 0 radical (unpaired) electrons. The van der Waals surface area contributed by atoms with E-state index in [9.17, 15) is 9.90 Å². The van der Waals surface area contributed by atoms with Crippen molar-refractivity contribution in [1.29, 1.82) is 0 Å². The molecule has 20 heavy (non-hydrogen) atoms. The molecule has 0 spiro atoms. The van der Waals surface area contributed by atoms with E-state index in [1.54, 1.807) is 0 Å². The lowest BCUT2D eigenvalue weighted by Gasteiger charge is -2.27. The van der Waals surface area contributed by atoms with E-state index in [1.807, 2.05) is 30.3 Å². The van der Waals surface area contributed by atoms with Crippen LogP contribution in [-0.2, 0) is 16.2 Å². The number of aliphatic hydroxyl groups excluding tert-OH is 1. The summed E-state index contributed by atoms with van der Waals surface area (Å²) in [6, 6.07) is 9.65. The highest BCUT2D eigenvalue weighted by Crippen LogP contribution is 2.28. The zero-order chi connectivity index (χ0) is 14.3. The van der Waals surface area contributed by atoms with Gasteiger partial charge in [-0.05, 0) is 18.4 Å². The Morgan fingerprint density at radius 3 is 2.60 bits per heavy atom. The standard InChI is InChI=1S/C15H22N2O3/c18-12-15(8-4-5-9-15)16-10-14(19)17-20-11-13-6-2-1-3-7-13/h1-3,6-7,16,18H,4-5,8-12H2,(H,17,19). The van der Waals surface area contributed by atoms with E-state index in [2.05, 4.69) is 10.8 Å². The van der Waals surface area contributed by atoms with Crippen molar-refractivity contribution in [3.05, 3.63) is 35.9 Å². The van der Waals surface area contributed by atoms with Crippen molar-refractivity contribution in [2.45, 2.75) is 37.8 Å². The van der Waals surface area contributed by atoms with Crippen LogP contribution in [0.2, 0.25) is 0 Å². The van der Waals surface area contributed by atoms with Crippen LogP contribution in [0.15, 0.2) is 30.3 Å². The van der Waals surface area contributed by atoms with Gasteiger partial charge in [-0.25, -0.2) is 5.48 Å². The maximum Gasteiger partial charge on any atom is 0.257 e. The Hall–Kier alpha value is -1.43. The van der Waals surface area contributed by atoms with E-state index in [0.717, 1.165) is 31.2 Å². The molecule has 5 heteroatoms. The van der Waals surface area contributed by atoms with Gasteiger partial charge in [0.1, 0.15) is 0 Å². The second-order valence-electron chi connectivity index (χ2n) is 5.30. The zero-order valence-corrected chi connectivity index (χ0v) is 11.6. The first-order valence-corrected chi connectivity index (χ1v) is 7.05. The Morgan fingerprint density at radius 2 is 1.95 bits per heavy atom. The molecule has 2 rings (SSSR count). The van der Waals surface area contributed by atoms with Gasteiger partial charge in [0.05, 0.1) is 19.8 Å². The first-order chi connectivity index (χ1) is 9.74. The fraction of sp³-hybridized carbons (Fsp3) is 0.533. The molecule has 0 bridgehead atoms. The molecule has 1 aliphatic rings. The quantitative estimate of drug-likeness (QED) is 0.654. The summed E-state index contributed by atoms with van der Waals surface area (Å²) in [4.78, 5) is 16.8. The molecular weight excluding hydrogens is 256 g/mol. The average Bonchev–Trinajstić information content (AvgIpc) is 2.96. The van der Waals surface area contributed by atoms with Crippen LogP contribution in [0.1, 0.15) is 31.2 Å². The van der Waals surface area contributed by atoms with Gasteiger partial charge in [-0.2, -0.15) is 0 Å². The first kappa shape index (κ1) is 15.0. The normalized spacial score (nSPS) is 17.1. The minimum Gasteiger partial charge on any atom is -0.394 e. The monoisotopic (exact) mass is 278 g/mol. The van der Waals surface area contributed by atoms with Gasteiger partial charge in [-0.1, -0.05) is 43.2 Å². The molecule has 0 heterocycles. The van der Waals surface area contributed by atoms with Crippen molar-refractivity contribution in [2.75, 3.05) is 13.2 Å². The molecule has 1 fully saturated rings. The third-order valence-electron chi connectivity index (χ3n) is 3.75. The molecule has 0 aromatic heterocycles. The van der Waals surface area contributed by atoms with Crippen LogP contribution in [0.5, 0.6) is 0 Å². The fourth-order valence-corrected chi connectivity index (χ4v) is 2.52. The number of hydrogen-bond acceptors (Lipinski definition) is 4. The second kappa shape index (κ2) is 7.38. The molecule has 1 aromatic carbocycles. The van der Waals surface area contributed by atoms with Crippen molar-refractivity contribution in [3.8, 4) is 0 Å². The van der Waals surface area contributed by atoms with Gasteiger partial charge < -0.3 is 10.4 Å². The summed E-state index contributed by atoms with van der Waals surface area (Å²) in [5, 5.41) is 12.6. The van der Waals surface area contributed by atoms with Gasteiger partial charge in [0.15, 0.2) is 0 Å². The van der Waals surface area contributed by atoms with E-state index in [-0.39, 0.29) is 24.6 Å². The van der Waals surface area contributed by atoms with Crippen LogP contribution in [0.4, 0.5) is 0 Å². The van der Waals surface area contributed by atoms with Gasteiger partial charge in [0.2, 0.25) is 0 Å². The maximum atomic E-state index is 11.7.